The quantitative estimate of drug-likeness (QED) is 0.234. The summed E-state index contributed by atoms with van der Waals surface area (Å²) < 4.78 is 147. The zero-order chi connectivity index (χ0) is 32.9. The van der Waals surface area contributed by atoms with E-state index in [2.05, 4.69) is 0 Å². The van der Waals surface area contributed by atoms with Crippen LogP contribution in [-0.2, 0) is 17.1 Å². The molecule has 44 heavy (non-hydrogen) atoms. The molecule has 4 rings (SSSR count). The second kappa shape index (κ2) is 11.8. The fraction of sp³-hybridized carbons (Fsp3) is 0.483. The Hall–Kier alpha value is -3.49. The van der Waals surface area contributed by atoms with E-state index in [4.69, 9.17) is 9.47 Å². The van der Waals surface area contributed by atoms with Gasteiger partial charge in [-0.15, -0.1) is 0 Å². The van der Waals surface area contributed by atoms with E-state index in [9.17, 15) is 48.7 Å². The van der Waals surface area contributed by atoms with Crippen LogP contribution < -0.4 is 4.74 Å². The van der Waals surface area contributed by atoms with Crippen LogP contribution in [0.5, 0.6) is 5.75 Å². The maximum atomic E-state index is 14.7. The van der Waals surface area contributed by atoms with Crippen molar-refractivity contribution in [3.8, 4) is 5.75 Å². The molecular formula is C29H28F10N2O3. The van der Waals surface area contributed by atoms with Crippen LogP contribution in [0.25, 0.3) is 5.57 Å². The summed E-state index contributed by atoms with van der Waals surface area (Å²) in [7, 11) is 1.26. The third-order valence-electron chi connectivity index (χ3n) is 7.76. The molecule has 0 spiro atoms. The Kier molecular flexibility index (Phi) is 8.95. The molecule has 15 heteroatoms. The predicted molar refractivity (Wildman–Crippen MR) is 138 cm³/mol. The molecule has 0 radical (unpaired) electrons. The highest BCUT2D eigenvalue weighted by Gasteiger charge is 2.45. The van der Waals surface area contributed by atoms with Crippen molar-refractivity contribution in [2.75, 3.05) is 26.7 Å². The van der Waals surface area contributed by atoms with E-state index in [1.165, 1.54) is 20.1 Å². The van der Waals surface area contributed by atoms with Crippen LogP contribution in [0.15, 0.2) is 35.9 Å². The Morgan fingerprint density at radius 1 is 0.955 bits per heavy atom. The van der Waals surface area contributed by atoms with Gasteiger partial charge in [0.25, 0.3) is 0 Å². The third-order valence-corrected chi connectivity index (χ3v) is 7.76. The van der Waals surface area contributed by atoms with Crippen LogP contribution in [0.2, 0.25) is 0 Å². The molecule has 0 N–H and O–H groups in total. The standard InChI is InChI=1S/C29H28F10N2O3/c1-14(2)21-10-22(24(43-4)11-23(21)30)20-5-6-40(29(37,38)39)12-17(20)13-41-15(3)25(44-26(41)42)16-7-18(27(31,32)33)9-19(8-16)28(34,35)36/h7-11,14-15,25H,5-6,12-13H2,1-4H3/t15-,25-/m0/s1. The highest BCUT2D eigenvalue weighted by molar-refractivity contribution is 5.77. The number of carbonyl (C=O) groups is 1. The maximum absolute atomic E-state index is 14.7. The topological polar surface area (TPSA) is 42.0 Å². The summed E-state index contributed by atoms with van der Waals surface area (Å²) in [4.78, 5) is 14.1. The minimum atomic E-state index is -5.15. The van der Waals surface area contributed by atoms with Crippen LogP contribution in [-0.4, -0.2) is 55.0 Å². The molecule has 2 heterocycles. The summed E-state index contributed by atoms with van der Waals surface area (Å²) >= 11 is 0. The van der Waals surface area contributed by atoms with E-state index in [0.717, 1.165) is 11.0 Å². The fourth-order valence-corrected chi connectivity index (χ4v) is 5.44. The number of rotatable bonds is 6. The first kappa shape index (κ1) is 33.4. The van der Waals surface area contributed by atoms with Gasteiger partial charge in [0.05, 0.1) is 24.3 Å². The zero-order valence-corrected chi connectivity index (χ0v) is 23.8. The van der Waals surface area contributed by atoms with Crippen molar-refractivity contribution >= 4 is 11.7 Å². The second-order valence-electron chi connectivity index (χ2n) is 11.0. The van der Waals surface area contributed by atoms with Crippen molar-refractivity contribution in [1.82, 2.24) is 9.80 Å². The fourth-order valence-electron chi connectivity index (χ4n) is 5.44. The van der Waals surface area contributed by atoms with Gasteiger partial charge in [-0.1, -0.05) is 13.8 Å². The van der Waals surface area contributed by atoms with E-state index in [1.807, 2.05) is 0 Å². The Morgan fingerprint density at radius 3 is 2.05 bits per heavy atom. The number of hydrogen-bond acceptors (Lipinski definition) is 4. The molecule has 0 bridgehead atoms. The van der Waals surface area contributed by atoms with Gasteiger partial charge >= 0.3 is 24.7 Å². The number of halogens is 10. The lowest BCUT2D eigenvalue weighted by molar-refractivity contribution is -0.243. The van der Waals surface area contributed by atoms with Gasteiger partial charge in [0.15, 0.2) is 0 Å². The van der Waals surface area contributed by atoms with Crippen molar-refractivity contribution in [2.45, 2.75) is 63.9 Å². The summed E-state index contributed by atoms with van der Waals surface area (Å²) in [6, 6.07) is 2.23. The monoisotopic (exact) mass is 642 g/mol. The molecule has 0 saturated carbocycles. The van der Waals surface area contributed by atoms with Crippen molar-refractivity contribution in [1.29, 1.82) is 0 Å². The van der Waals surface area contributed by atoms with Gasteiger partial charge in [-0.05, 0) is 65.8 Å². The number of alkyl halides is 9. The van der Waals surface area contributed by atoms with Crippen LogP contribution in [0.4, 0.5) is 48.7 Å². The Bertz CT molecular complexity index is 1410. The summed E-state index contributed by atoms with van der Waals surface area (Å²) in [6.45, 7) is 3.07. The molecule has 0 aromatic heterocycles. The number of methoxy groups -OCH3 is 1. The van der Waals surface area contributed by atoms with Gasteiger partial charge in [0.2, 0.25) is 0 Å². The number of hydrogen-bond donors (Lipinski definition) is 0. The first-order chi connectivity index (χ1) is 20.2. The normalized spacial score (nSPS) is 20.5. The first-order valence-electron chi connectivity index (χ1n) is 13.4. The smallest absolute Gasteiger partial charge is 0.460 e. The molecule has 2 aromatic carbocycles. The number of ether oxygens (including phenoxy) is 2. The van der Waals surface area contributed by atoms with Gasteiger partial charge < -0.3 is 9.47 Å². The number of cyclic esters (lactones) is 1. The summed E-state index contributed by atoms with van der Waals surface area (Å²) in [6.07, 6.45) is -18.0. The molecule has 1 amide bonds. The molecule has 2 aromatic rings. The van der Waals surface area contributed by atoms with Crippen LogP contribution in [0.1, 0.15) is 67.0 Å². The van der Waals surface area contributed by atoms with Crippen molar-refractivity contribution in [3.63, 3.8) is 0 Å². The largest absolute Gasteiger partial charge is 0.496 e. The van der Waals surface area contributed by atoms with Crippen molar-refractivity contribution < 1.29 is 58.2 Å². The minimum Gasteiger partial charge on any atom is -0.496 e. The third kappa shape index (κ3) is 6.76. The number of nitrogens with zero attached hydrogens (tertiary/aromatic N) is 2. The first-order valence-corrected chi connectivity index (χ1v) is 13.4. The van der Waals surface area contributed by atoms with E-state index in [-0.39, 0.29) is 40.2 Å². The molecule has 2 aliphatic rings. The van der Waals surface area contributed by atoms with Gasteiger partial charge in [-0.2, -0.15) is 39.5 Å². The summed E-state index contributed by atoms with van der Waals surface area (Å²) in [5.74, 6) is -0.852. The molecule has 1 saturated heterocycles. The van der Waals surface area contributed by atoms with Crippen LogP contribution in [0, 0.1) is 5.82 Å². The van der Waals surface area contributed by atoms with Gasteiger partial charge in [0, 0.05) is 31.3 Å². The Labute approximate surface area is 246 Å². The highest BCUT2D eigenvalue weighted by atomic mass is 19.4. The van der Waals surface area contributed by atoms with E-state index in [1.54, 1.807) is 13.8 Å². The number of amides is 1. The summed E-state index contributed by atoms with van der Waals surface area (Å²) in [5.41, 5.74) is -2.81. The van der Waals surface area contributed by atoms with Gasteiger partial charge in [-0.25, -0.2) is 14.1 Å². The highest BCUT2D eigenvalue weighted by Crippen LogP contribution is 2.43. The van der Waals surface area contributed by atoms with Gasteiger partial charge in [0.1, 0.15) is 17.7 Å². The van der Waals surface area contributed by atoms with E-state index < -0.39 is 79.0 Å². The number of benzene rings is 2. The molecule has 2 atom stereocenters. The lowest BCUT2D eigenvalue weighted by atomic mass is 9.89. The SMILES string of the molecule is COc1cc(F)c(C(C)C)cc1C1=C(CN2C(=O)O[C@H](c3cc(C(F)(F)F)cc(C(F)(F)F)c3)[C@@H]2C)CN(C(F)(F)F)CC1. The molecule has 2 aliphatic heterocycles. The average Bonchev–Trinajstić information content (AvgIpc) is 3.19. The van der Waals surface area contributed by atoms with Crippen LogP contribution in [0.3, 0.4) is 0 Å². The average molecular weight is 643 g/mol. The molecule has 242 valence electrons. The second-order valence-corrected chi connectivity index (χ2v) is 11.0. The molecule has 5 nitrogen and oxygen atoms in total. The number of carbonyl (C=O) groups excluding carboxylic acids is 1. The predicted octanol–water partition coefficient (Wildman–Crippen LogP) is 8.56. The minimum absolute atomic E-state index is 0.0402. The Morgan fingerprint density at radius 2 is 1.55 bits per heavy atom. The molecule has 1 fully saturated rings. The van der Waals surface area contributed by atoms with Crippen molar-refractivity contribution in [3.05, 3.63) is 69.5 Å². The maximum Gasteiger partial charge on any atom is 0.460 e. The lowest BCUT2D eigenvalue weighted by Crippen LogP contribution is -2.45. The van der Waals surface area contributed by atoms with Gasteiger partial charge in [-0.3, -0.25) is 4.90 Å². The molecule has 0 aliphatic carbocycles. The van der Waals surface area contributed by atoms with Crippen LogP contribution >= 0.6 is 0 Å². The Balaban J connectivity index is 1.78. The lowest BCUT2D eigenvalue weighted by Gasteiger charge is -2.34. The van der Waals surface area contributed by atoms with Crippen molar-refractivity contribution in [2.24, 2.45) is 0 Å². The molecule has 0 unspecified atom stereocenters. The zero-order valence-electron chi connectivity index (χ0n) is 23.8. The van der Waals surface area contributed by atoms with E-state index in [0.29, 0.717) is 23.3 Å². The summed E-state index contributed by atoms with van der Waals surface area (Å²) in [5, 5.41) is 0. The molecular weight excluding hydrogens is 614 g/mol. The van der Waals surface area contributed by atoms with E-state index >= 15 is 0 Å².